The number of aromatic nitrogens is 2. The number of nitrogens with zero attached hydrogens (tertiary/aromatic N) is 6. The Kier molecular flexibility index (Phi) is 8.50. The molecule has 0 bridgehead atoms. The third-order valence-corrected chi connectivity index (χ3v) is 7.47. The minimum absolute atomic E-state index is 0.0409. The van der Waals surface area contributed by atoms with Crippen molar-refractivity contribution in [1.29, 1.82) is 5.26 Å². The van der Waals surface area contributed by atoms with Gasteiger partial charge in [0.25, 0.3) is 0 Å². The van der Waals surface area contributed by atoms with Crippen LogP contribution in [0.1, 0.15) is 31.7 Å². The molecule has 0 radical (unpaired) electrons. The van der Waals surface area contributed by atoms with E-state index in [1.165, 1.54) is 0 Å². The number of likely N-dealkylation sites (N-methyl/N-ethyl adjacent to an activating group) is 1. The molecule has 0 aliphatic carbocycles. The molecule has 1 aromatic heterocycles. The first-order chi connectivity index (χ1) is 17.0. The van der Waals surface area contributed by atoms with Gasteiger partial charge in [-0.25, -0.2) is 0 Å². The standard InChI is InChI=1S/C26H38N8O/c1-3-4-22(28)20-15-21(26(35)31-9-10-33-13-11-32(2)12-14-33)18-34(17-20)23-6-5-19(16-27)24-25(23)30-8-7-29-24/h5-8,20-22H,3-4,9-15,17-18,28H2,1-2H3,(H,31,35)/t20-,21?,22?/m0/s1. The summed E-state index contributed by atoms with van der Waals surface area (Å²) in [6.45, 7) is 9.30. The Balaban J connectivity index is 1.49. The van der Waals surface area contributed by atoms with E-state index in [1.807, 2.05) is 6.07 Å². The Morgan fingerprint density at radius 1 is 1.20 bits per heavy atom. The first-order valence-electron chi connectivity index (χ1n) is 12.8. The number of carbonyl (C=O) groups is 1. The monoisotopic (exact) mass is 478 g/mol. The van der Waals surface area contributed by atoms with E-state index in [2.05, 4.69) is 50.0 Å². The van der Waals surface area contributed by atoms with Crippen LogP contribution in [0.15, 0.2) is 24.5 Å². The third-order valence-electron chi connectivity index (χ3n) is 7.47. The molecular weight excluding hydrogens is 440 g/mol. The highest BCUT2D eigenvalue weighted by Crippen LogP contribution is 2.33. The van der Waals surface area contributed by atoms with Crippen molar-refractivity contribution in [2.24, 2.45) is 17.6 Å². The highest BCUT2D eigenvalue weighted by Gasteiger charge is 2.35. The summed E-state index contributed by atoms with van der Waals surface area (Å²) in [6, 6.07) is 5.99. The van der Waals surface area contributed by atoms with Crippen LogP contribution in [0.25, 0.3) is 11.0 Å². The predicted octanol–water partition coefficient (Wildman–Crippen LogP) is 1.43. The van der Waals surface area contributed by atoms with Crippen LogP contribution in [0.4, 0.5) is 5.69 Å². The van der Waals surface area contributed by atoms with Gasteiger partial charge in [0.1, 0.15) is 17.1 Å². The molecule has 0 spiro atoms. The molecule has 35 heavy (non-hydrogen) atoms. The van der Waals surface area contributed by atoms with Gasteiger partial charge in [0.15, 0.2) is 0 Å². The molecule has 9 heteroatoms. The fourth-order valence-electron chi connectivity index (χ4n) is 5.35. The molecule has 2 fully saturated rings. The lowest BCUT2D eigenvalue weighted by Gasteiger charge is -2.41. The molecule has 0 saturated carbocycles. The van der Waals surface area contributed by atoms with Gasteiger partial charge < -0.3 is 20.9 Å². The second kappa shape index (κ2) is 11.8. The van der Waals surface area contributed by atoms with Gasteiger partial charge in [-0.3, -0.25) is 19.7 Å². The van der Waals surface area contributed by atoms with Crippen molar-refractivity contribution in [2.75, 3.05) is 64.3 Å². The van der Waals surface area contributed by atoms with E-state index in [0.29, 0.717) is 29.7 Å². The van der Waals surface area contributed by atoms with Gasteiger partial charge >= 0.3 is 0 Å². The maximum Gasteiger partial charge on any atom is 0.224 e. The van der Waals surface area contributed by atoms with E-state index in [-0.39, 0.29) is 23.8 Å². The van der Waals surface area contributed by atoms with E-state index in [0.717, 1.165) is 64.2 Å². The first-order valence-corrected chi connectivity index (χ1v) is 12.8. The molecule has 3 N–H and O–H groups in total. The van der Waals surface area contributed by atoms with Gasteiger partial charge in [0.05, 0.1) is 17.2 Å². The number of anilines is 1. The Hall–Kier alpha value is -2.80. The summed E-state index contributed by atoms with van der Waals surface area (Å²) >= 11 is 0. The number of rotatable bonds is 8. The lowest BCUT2D eigenvalue weighted by atomic mass is 9.82. The molecule has 3 atom stereocenters. The molecular formula is C26H38N8O. The molecule has 4 rings (SSSR count). The number of nitrogens with one attached hydrogen (secondary N) is 1. The number of hydrogen-bond donors (Lipinski definition) is 2. The van der Waals surface area contributed by atoms with Crippen LogP contribution in [-0.4, -0.2) is 91.1 Å². The van der Waals surface area contributed by atoms with Crippen molar-refractivity contribution in [2.45, 2.75) is 32.2 Å². The van der Waals surface area contributed by atoms with Crippen LogP contribution in [-0.2, 0) is 4.79 Å². The number of piperazine rings is 1. The van der Waals surface area contributed by atoms with Crippen molar-refractivity contribution in [3.63, 3.8) is 0 Å². The van der Waals surface area contributed by atoms with Gasteiger partial charge in [-0.2, -0.15) is 5.26 Å². The summed E-state index contributed by atoms with van der Waals surface area (Å²) in [5.41, 5.74) is 9.30. The topological polar surface area (TPSA) is 114 Å². The second-order valence-electron chi connectivity index (χ2n) is 9.98. The van der Waals surface area contributed by atoms with Crippen LogP contribution >= 0.6 is 0 Å². The lowest BCUT2D eigenvalue weighted by molar-refractivity contribution is -0.125. The number of amides is 1. The van der Waals surface area contributed by atoms with Crippen molar-refractivity contribution in [3.8, 4) is 6.07 Å². The van der Waals surface area contributed by atoms with Gasteiger partial charge in [-0.1, -0.05) is 13.3 Å². The molecule has 188 valence electrons. The lowest BCUT2D eigenvalue weighted by Crippen LogP contribution is -2.52. The fraction of sp³-hybridized carbons (Fsp3) is 0.615. The maximum atomic E-state index is 13.3. The minimum Gasteiger partial charge on any atom is -0.369 e. The number of carbonyl (C=O) groups excluding carboxylic acids is 1. The molecule has 2 aliphatic rings. The Bertz CT molecular complexity index is 1050. The Labute approximate surface area is 208 Å². The van der Waals surface area contributed by atoms with Gasteiger partial charge in [-0.05, 0) is 37.9 Å². The molecule has 9 nitrogen and oxygen atoms in total. The zero-order valence-corrected chi connectivity index (χ0v) is 21.0. The number of nitrogens with two attached hydrogens (primary N) is 1. The smallest absolute Gasteiger partial charge is 0.224 e. The molecule has 1 amide bonds. The molecule has 2 unspecified atom stereocenters. The molecule has 2 saturated heterocycles. The van der Waals surface area contributed by atoms with E-state index >= 15 is 0 Å². The number of hydrogen-bond acceptors (Lipinski definition) is 8. The van der Waals surface area contributed by atoms with Gasteiger partial charge in [-0.15, -0.1) is 0 Å². The summed E-state index contributed by atoms with van der Waals surface area (Å²) in [5.74, 6) is 0.160. The normalized spacial score (nSPS) is 22.6. The highest BCUT2D eigenvalue weighted by molar-refractivity contribution is 5.92. The molecule has 2 aromatic rings. The van der Waals surface area contributed by atoms with Crippen molar-refractivity contribution in [1.82, 2.24) is 25.1 Å². The van der Waals surface area contributed by atoms with Crippen molar-refractivity contribution >= 4 is 22.6 Å². The van der Waals surface area contributed by atoms with Crippen molar-refractivity contribution in [3.05, 3.63) is 30.1 Å². The number of piperidine rings is 1. The maximum absolute atomic E-state index is 13.3. The van der Waals surface area contributed by atoms with E-state index in [9.17, 15) is 10.1 Å². The molecule has 3 heterocycles. The van der Waals surface area contributed by atoms with Crippen molar-refractivity contribution < 1.29 is 4.79 Å². The quantitative estimate of drug-likeness (QED) is 0.586. The summed E-state index contributed by atoms with van der Waals surface area (Å²) in [5, 5.41) is 12.7. The van der Waals surface area contributed by atoms with Gasteiger partial charge in [0, 0.05) is 70.8 Å². The summed E-state index contributed by atoms with van der Waals surface area (Å²) in [4.78, 5) is 29.2. The number of fused-ring (bicyclic) bond motifs is 1. The summed E-state index contributed by atoms with van der Waals surface area (Å²) < 4.78 is 0. The van der Waals surface area contributed by atoms with E-state index in [1.54, 1.807) is 18.5 Å². The number of benzene rings is 1. The first kappa shape index (κ1) is 25.3. The fourth-order valence-corrected chi connectivity index (χ4v) is 5.35. The SMILES string of the molecule is CCCC(N)[C@H]1CC(C(=O)NCCN2CCN(C)CC2)CN(c2ccc(C#N)c3nccnc23)C1. The largest absolute Gasteiger partial charge is 0.369 e. The average molecular weight is 479 g/mol. The van der Waals surface area contributed by atoms with Gasteiger partial charge in [0.2, 0.25) is 5.91 Å². The highest BCUT2D eigenvalue weighted by atomic mass is 16.1. The van der Waals surface area contributed by atoms with E-state index < -0.39 is 0 Å². The third kappa shape index (κ3) is 6.07. The van der Waals surface area contributed by atoms with Crippen LogP contribution in [0.2, 0.25) is 0 Å². The summed E-state index contributed by atoms with van der Waals surface area (Å²) in [7, 11) is 2.15. The average Bonchev–Trinajstić information content (AvgIpc) is 2.89. The van der Waals surface area contributed by atoms with Crippen LogP contribution in [0, 0.1) is 23.2 Å². The minimum atomic E-state index is -0.147. The van der Waals surface area contributed by atoms with Crippen LogP contribution in [0.5, 0.6) is 0 Å². The molecule has 1 aromatic carbocycles. The van der Waals surface area contributed by atoms with Crippen LogP contribution < -0.4 is 16.0 Å². The van der Waals surface area contributed by atoms with E-state index in [4.69, 9.17) is 5.73 Å². The molecule has 2 aliphatic heterocycles. The second-order valence-corrected chi connectivity index (χ2v) is 9.98. The zero-order valence-electron chi connectivity index (χ0n) is 21.0. The number of nitriles is 1. The zero-order chi connectivity index (χ0) is 24.8. The van der Waals surface area contributed by atoms with Crippen LogP contribution in [0.3, 0.4) is 0 Å². The Morgan fingerprint density at radius 2 is 1.94 bits per heavy atom. The Morgan fingerprint density at radius 3 is 2.66 bits per heavy atom. The predicted molar refractivity (Wildman–Crippen MR) is 138 cm³/mol. The summed E-state index contributed by atoms with van der Waals surface area (Å²) in [6.07, 6.45) is 6.01.